The van der Waals surface area contributed by atoms with Gasteiger partial charge in [-0.2, -0.15) is 0 Å². The van der Waals surface area contributed by atoms with Crippen LogP contribution in [0.25, 0.3) is 0 Å². The predicted molar refractivity (Wildman–Crippen MR) is 55.4 cm³/mol. The molecule has 0 spiro atoms. The molecule has 1 rings (SSSR count). The number of ether oxygens (including phenoxy) is 1. The van der Waals surface area contributed by atoms with Gasteiger partial charge in [0.2, 0.25) is 0 Å². The monoisotopic (exact) mass is 200 g/mol. The zero-order valence-corrected chi connectivity index (χ0v) is 8.78. The molecule has 14 heavy (non-hydrogen) atoms. The molecule has 0 radical (unpaired) electrons. The van der Waals surface area contributed by atoms with E-state index in [4.69, 9.17) is 15.7 Å². The number of amidine groups is 1. The first-order valence-corrected chi connectivity index (χ1v) is 5.34. The van der Waals surface area contributed by atoms with Gasteiger partial charge in [-0.3, -0.25) is 0 Å². The van der Waals surface area contributed by atoms with E-state index >= 15 is 0 Å². The summed E-state index contributed by atoms with van der Waals surface area (Å²) in [5, 5.41) is 11.2. The van der Waals surface area contributed by atoms with E-state index in [9.17, 15) is 0 Å². The lowest BCUT2D eigenvalue weighted by Crippen LogP contribution is -2.28. The molecule has 1 aliphatic rings. The van der Waals surface area contributed by atoms with Gasteiger partial charge in [0.15, 0.2) is 5.84 Å². The van der Waals surface area contributed by atoms with Crippen LogP contribution in [0.15, 0.2) is 5.16 Å². The average molecular weight is 200 g/mol. The van der Waals surface area contributed by atoms with Crippen molar-refractivity contribution in [2.24, 2.45) is 16.8 Å². The van der Waals surface area contributed by atoms with Crippen molar-refractivity contribution in [1.82, 2.24) is 0 Å². The second-order valence-corrected chi connectivity index (χ2v) is 3.97. The number of rotatable bonds is 4. The molecule has 2 atom stereocenters. The van der Waals surface area contributed by atoms with Crippen LogP contribution in [-0.4, -0.2) is 23.8 Å². The van der Waals surface area contributed by atoms with E-state index in [1.54, 1.807) is 0 Å². The summed E-state index contributed by atoms with van der Waals surface area (Å²) in [4.78, 5) is 0. The molecule has 0 amide bonds. The molecule has 4 nitrogen and oxygen atoms in total. The van der Waals surface area contributed by atoms with Crippen molar-refractivity contribution in [3.63, 3.8) is 0 Å². The number of nitrogens with zero attached hydrogens (tertiary/aromatic N) is 1. The van der Waals surface area contributed by atoms with Crippen molar-refractivity contribution < 1.29 is 9.94 Å². The lowest BCUT2D eigenvalue weighted by Gasteiger charge is -2.28. The summed E-state index contributed by atoms with van der Waals surface area (Å²) in [5.41, 5.74) is 5.33. The van der Waals surface area contributed by atoms with Crippen molar-refractivity contribution in [1.29, 1.82) is 0 Å². The summed E-state index contributed by atoms with van der Waals surface area (Å²) in [7, 11) is 0. The van der Waals surface area contributed by atoms with Crippen LogP contribution < -0.4 is 5.73 Å². The van der Waals surface area contributed by atoms with Crippen LogP contribution >= 0.6 is 0 Å². The van der Waals surface area contributed by atoms with Gasteiger partial charge >= 0.3 is 0 Å². The molecule has 2 unspecified atom stereocenters. The highest BCUT2D eigenvalue weighted by molar-refractivity contribution is 5.80. The minimum absolute atomic E-state index is 0.156. The maximum Gasteiger partial charge on any atom is 0.165 e. The van der Waals surface area contributed by atoms with E-state index < -0.39 is 0 Å². The van der Waals surface area contributed by atoms with Crippen LogP contribution in [0.2, 0.25) is 0 Å². The quantitative estimate of drug-likeness (QED) is 0.314. The van der Waals surface area contributed by atoms with Gasteiger partial charge in [0.05, 0.1) is 6.10 Å². The highest BCUT2D eigenvalue weighted by Crippen LogP contribution is 2.28. The molecule has 0 saturated heterocycles. The van der Waals surface area contributed by atoms with Gasteiger partial charge in [0.1, 0.15) is 6.61 Å². The third-order valence-corrected chi connectivity index (χ3v) is 2.91. The van der Waals surface area contributed by atoms with Crippen LogP contribution in [0.1, 0.15) is 39.0 Å². The van der Waals surface area contributed by atoms with Gasteiger partial charge in [0, 0.05) is 0 Å². The van der Waals surface area contributed by atoms with Crippen molar-refractivity contribution in [2.75, 3.05) is 6.61 Å². The van der Waals surface area contributed by atoms with E-state index in [0.717, 1.165) is 18.8 Å². The summed E-state index contributed by atoms with van der Waals surface area (Å²) >= 11 is 0. The minimum Gasteiger partial charge on any atom is -0.409 e. The van der Waals surface area contributed by atoms with Crippen molar-refractivity contribution in [3.8, 4) is 0 Å². The molecule has 0 bridgehead atoms. The Morgan fingerprint density at radius 2 is 2.36 bits per heavy atom. The van der Waals surface area contributed by atoms with Crippen LogP contribution in [0, 0.1) is 5.92 Å². The van der Waals surface area contributed by atoms with Gasteiger partial charge in [0.25, 0.3) is 0 Å². The summed E-state index contributed by atoms with van der Waals surface area (Å²) < 4.78 is 5.55. The topological polar surface area (TPSA) is 67.8 Å². The largest absolute Gasteiger partial charge is 0.409 e. The third kappa shape index (κ3) is 3.54. The molecular weight excluding hydrogens is 180 g/mol. The molecule has 4 heteroatoms. The maximum atomic E-state index is 8.35. The highest BCUT2D eigenvalue weighted by Gasteiger charge is 2.21. The summed E-state index contributed by atoms with van der Waals surface area (Å²) in [6.45, 7) is 2.47. The number of nitrogens with two attached hydrogens (primary N) is 1. The molecule has 0 aromatic heterocycles. The number of oxime groups is 1. The van der Waals surface area contributed by atoms with Gasteiger partial charge in [-0.25, -0.2) is 0 Å². The zero-order chi connectivity index (χ0) is 10.4. The molecule has 0 aliphatic heterocycles. The fraction of sp³-hybridized carbons (Fsp3) is 0.900. The Morgan fingerprint density at radius 1 is 1.57 bits per heavy atom. The second kappa shape index (κ2) is 5.86. The number of hydrogen-bond donors (Lipinski definition) is 2. The smallest absolute Gasteiger partial charge is 0.165 e. The molecule has 3 N–H and O–H groups in total. The molecule has 1 saturated carbocycles. The minimum atomic E-state index is 0.156. The Hall–Kier alpha value is -0.770. The van der Waals surface area contributed by atoms with Crippen LogP contribution in [-0.2, 0) is 4.74 Å². The van der Waals surface area contributed by atoms with Crippen LogP contribution in [0.4, 0.5) is 0 Å². The Labute approximate surface area is 85.1 Å². The van der Waals surface area contributed by atoms with Crippen molar-refractivity contribution >= 4 is 5.84 Å². The second-order valence-electron chi connectivity index (χ2n) is 3.97. The van der Waals surface area contributed by atoms with E-state index in [1.807, 2.05) is 0 Å². The fourth-order valence-electron chi connectivity index (χ4n) is 2.00. The third-order valence-electron chi connectivity index (χ3n) is 2.91. The van der Waals surface area contributed by atoms with E-state index in [0.29, 0.717) is 6.10 Å². The van der Waals surface area contributed by atoms with E-state index in [-0.39, 0.29) is 12.4 Å². The Kier molecular flexibility index (Phi) is 4.73. The average Bonchev–Trinajstić information content (AvgIpc) is 2.26. The first kappa shape index (κ1) is 11.3. The molecular formula is C10H20N2O2. The lowest BCUT2D eigenvalue weighted by atomic mass is 9.85. The summed E-state index contributed by atoms with van der Waals surface area (Å²) in [5.74, 6) is 0.949. The van der Waals surface area contributed by atoms with Gasteiger partial charge in [-0.05, 0) is 18.8 Å². The fourth-order valence-corrected chi connectivity index (χ4v) is 2.00. The van der Waals surface area contributed by atoms with Gasteiger partial charge in [-0.1, -0.05) is 31.3 Å². The summed E-state index contributed by atoms with van der Waals surface area (Å²) in [6.07, 6.45) is 6.31. The van der Waals surface area contributed by atoms with E-state index in [2.05, 4.69) is 12.1 Å². The zero-order valence-electron chi connectivity index (χ0n) is 8.78. The first-order chi connectivity index (χ1) is 6.76. The first-order valence-electron chi connectivity index (χ1n) is 5.34. The molecule has 0 heterocycles. The molecule has 0 aromatic rings. The number of hydrogen-bond acceptors (Lipinski definition) is 3. The van der Waals surface area contributed by atoms with Crippen molar-refractivity contribution in [3.05, 3.63) is 0 Å². The predicted octanol–water partition coefficient (Wildman–Crippen LogP) is 1.72. The van der Waals surface area contributed by atoms with Crippen LogP contribution in [0.5, 0.6) is 0 Å². The molecule has 1 aliphatic carbocycles. The standard InChI is InChI=1S/C10H20N2O2/c1-2-8-4-3-5-9(6-8)14-7-10(11)12-13/h8-9,13H,2-7H2,1H3,(H2,11,12). The van der Waals surface area contributed by atoms with Crippen LogP contribution in [0.3, 0.4) is 0 Å². The Balaban J connectivity index is 2.24. The Morgan fingerprint density at radius 3 is 3.00 bits per heavy atom. The normalized spacial score (nSPS) is 29.1. The Bertz CT molecular complexity index is 195. The van der Waals surface area contributed by atoms with Gasteiger partial charge < -0.3 is 15.7 Å². The molecule has 0 aromatic carbocycles. The van der Waals surface area contributed by atoms with Crippen molar-refractivity contribution in [2.45, 2.75) is 45.1 Å². The molecule has 1 fully saturated rings. The lowest BCUT2D eigenvalue weighted by molar-refractivity contribution is 0.0329. The SMILES string of the molecule is CCC1CCCC(OCC(N)=NO)C1. The maximum absolute atomic E-state index is 8.35. The van der Waals surface area contributed by atoms with E-state index in [1.165, 1.54) is 19.3 Å². The van der Waals surface area contributed by atoms with Gasteiger partial charge in [-0.15, -0.1) is 0 Å². The molecule has 82 valence electrons. The summed E-state index contributed by atoms with van der Waals surface area (Å²) in [6, 6.07) is 0. The highest BCUT2D eigenvalue weighted by atomic mass is 16.5.